The van der Waals surface area contributed by atoms with Crippen molar-refractivity contribution in [1.82, 2.24) is 0 Å². The van der Waals surface area contributed by atoms with E-state index in [1.54, 1.807) is 0 Å². The minimum atomic E-state index is 0.542. The Morgan fingerprint density at radius 3 is 2.21 bits per heavy atom. The molecule has 1 aromatic carbocycles. The predicted octanol–water partition coefficient (Wildman–Crippen LogP) is 4.52. The maximum atomic E-state index is 3.58. The van der Waals surface area contributed by atoms with Crippen molar-refractivity contribution in [3.63, 3.8) is 0 Å². The molecule has 1 aliphatic heterocycles. The van der Waals surface area contributed by atoms with Crippen LogP contribution >= 0.6 is 0 Å². The van der Waals surface area contributed by atoms with Crippen LogP contribution in [0.3, 0.4) is 0 Å². The number of nitrogens with zero attached hydrogens (tertiary/aromatic N) is 1. The summed E-state index contributed by atoms with van der Waals surface area (Å²) in [7, 11) is 0. The molecule has 1 saturated heterocycles. The molecule has 0 aliphatic carbocycles. The van der Waals surface area contributed by atoms with Crippen molar-refractivity contribution in [2.75, 3.05) is 23.3 Å². The van der Waals surface area contributed by atoms with Gasteiger partial charge >= 0.3 is 0 Å². The van der Waals surface area contributed by atoms with Gasteiger partial charge in [0.25, 0.3) is 0 Å². The minimum absolute atomic E-state index is 0.542. The zero-order chi connectivity index (χ0) is 13.7. The smallest absolute Gasteiger partial charge is 0.0367 e. The van der Waals surface area contributed by atoms with Crippen LogP contribution in [-0.4, -0.2) is 19.1 Å². The lowest BCUT2D eigenvalue weighted by atomic mass is 10.0. The van der Waals surface area contributed by atoms with Crippen LogP contribution in [-0.2, 0) is 0 Å². The summed E-state index contributed by atoms with van der Waals surface area (Å²) < 4.78 is 0. The van der Waals surface area contributed by atoms with Crippen LogP contribution in [0.1, 0.15) is 46.5 Å². The van der Waals surface area contributed by atoms with Crippen LogP contribution < -0.4 is 10.2 Å². The van der Waals surface area contributed by atoms with Gasteiger partial charge in [-0.2, -0.15) is 0 Å². The molecule has 2 rings (SSSR count). The molecule has 2 nitrogen and oxygen atoms in total. The van der Waals surface area contributed by atoms with E-state index in [-0.39, 0.29) is 0 Å². The second kappa shape index (κ2) is 6.83. The minimum Gasteiger partial charge on any atom is -0.383 e. The third kappa shape index (κ3) is 4.45. The van der Waals surface area contributed by atoms with Gasteiger partial charge in [0.15, 0.2) is 0 Å². The van der Waals surface area contributed by atoms with E-state index in [0.29, 0.717) is 6.04 Å². The van der Waals surface area contributed by atoms with Gasteiger partial charge in [0, 0.05) is 30.5 Å². The van der Waals surface area contributed by atoms with Crippen LogP contribution in [0.4, 0.5) is 11.4 Å². The first-order valence-electron chi connectivity index (χ1n) is 7.76. The lowest BCUT2D eigenvalue weighted by molar-refractivity contribution is 0.540. The second-order valence-electron chi connectivity index (χ2n) is 6.27. The molecule has 1 fully saturated rings. The molecule has 106 valence electrons. The van der Waals surface area contributed by atoms with Crippen molar-refractivity contribution < 1.29 is 0 Å². The van der Waals surface area contributed by atoms with Crippen molar-refractivity contribution in [2.45, 2.75) is 52.5 Å². The number of rotatable bonds is 5. The highest BCUT2D eigenvalue weighted by Gasteiger charge is 2.11. The average Bonchev–Trinajstić information content (AvgIpc) is 2.39. The third-order valence-corrected chi connectivity index (χ3v) is 3.83. The Morgan fingerprint density at radius 2 is 1.63 bits per heavy atom. The zero-order valence-electron chi connectivity index (χ0n) is 12.7. The van der Waals surface area contributed by atoms with Crippen LogP contribution in [0.25, 0.3) is 0 Å². The Kier molecular flexibility index (Phi) is 5.12. The molecular weight excluding hydrogens is 232 g/mol. The summed E-state index contributed by atoms with van der Waals surface area (Å²) in [5.74, 6) is 0.745. The first-order chi connectivity index (χ1) is 9.15. The summed E-state index contributed by atoms with van der Waals surface area (Å²) in [4.78, 5) is 2.50. The van der Waals surface area contributed by atoms with E-state index >= 15 is 0 Å². The van der Waals surface area contributed by atoms with Gasteiger partial charge in [0.05, 0.1) is 0 Å². The van der Waals surface area contributed by atoms with Crippen molar-refractivity contribution >= 4 is 11.4 Å². The molecule has 1 aromatic rings. The number of hydrogen-bond acceptors (Lipinski definition) is 2. The molecular formula is C17H28N2. The first-order valence-corrected chi connectivity index (χ1v) is 7.76. The fraction of sp³-hybridized carbons (Fsp3) is 0.647. The highest BCUT2D eigenvalue weighted by molar-refractivity contribution is 5.55. The van der Waals surface area contributed by atoms with E-state index in [2.05, 4.69) is 55.3 Å². The van der Waals surface area contributed by atoms with Gasteiger partial charge in [-0.15, -0.1) is 0 Å². The third-order valence-electron chi connectivity index (χ3n) is 3.83. The fourth-order valence-corrected chi connectivity index (χ4v) is 2.97. The van der Waals surface area contributed by atoms with E-state index in [1.807, 2.05) is 0 Å². The van der Waals surface area contributed by atoms with Crippen molar-refractivity contribution in [2.24, 2.45) is 5.92 Å². The van der Waals surface area contributed by atoms with Crippen molar-refractivity contribution in [3.8, 4) is 0 Å². The summed E-state index contributed by atoms with van der Waals surface area (Å²) in [5, 5.41) is 3.58. The molecule has 1 heterocycles. The first kappa shape index (κ1) is 14.2. The lowest BCUT2D eigenvalue weighted by Gasteiger charge is -2.29. The zero-order valence-corrected chi connectivity index (χ0v) is 12.7. The molecule has 0 aromatic heterocycles. The molecule has 0 amide bonds. The average molecular weight is 260 g/mol. The maximum Gasteiger partial charge on any atom is 0.0367 e. The molecule has 1 unspecified atom stereocenters. The molecule has 1 aliphatic rings. The highest BCUT2D eigenvalue weighted by Crippen LogP contribution is 2.22. The molecule has 19 heavy (non-hydrogen) atoms. The topological polar surface area (TPSA) is 15.3 Å². The second-order valence-corrected chi connectivity index (χ2v) is 6.27. The van der Waals surface area contributed by atoms with Crippen LogP contribution in [0, 0.1) is 5.92 Å². The largest absolute Gasteiger partial charge is 0.383 e. The number of hydrogen-bond donors (Lipinski definition) is 1. The van der Waals surface area contributed by atoms with E-state index < -0.39 is 0 Å². The molecule has 0 radical (unpaired) electrons. The lowest BCUT2D eigenvalue weighted by Crippen LogP contribution is -2.29. The summed E-state index contributed by atoms with van der Waals surface area (Å²) >= 11 is 0. The summed E-state index contributed by atoms with van der Waals surface area (Å²) in [6.07, 6.45) is 5.29. The van der Waals surface area contributed by atoms with Crippen LogP contribution in [0.15, 0.2) is 24.3 Å². The van der Waals surface area contributed by atoms with Crippen LogP contribution in [0.5, 0.6) is 0 Å². The normalized spacial score (nSPS) is 17.6. The predicted molar refractivity (Wildman–Crippen MR) is 85.0 cm³/mol. The van der Waals surface area contributed by atoms with Crippen molar-refractivity contribution in [3.05, 3.63) is 24.3 Å². The van der Waals surface area contributed by atoms with Gasteiger partial charge in [-0.25, -0.2) is 0 Å². The van der Waals surface area contributed by atoms with Gasteiger partial charge in [-0.1, -0.05) is 13.8 Å². The molecule has 0 spiro atoms. The van der Waals surface area contributed by atoms with Gasteiger partial charge in [0.2, 0.25) is 0 Å². The van der Waals surface area contributed by atoms with Gasteiger partial charge in [0.1, 0.15) is 0 Å². The Bertz CT molecular complexity index is 363. The molecule has 1 N–H and O–H groups in total. The SMILES string of the molecule is CC(C)CC(C)Nc1ccc(N2CCCCC2)cc1. The fourth-order valence-electron chi connectivity index (χ4n) is 2.97. The van der Waals surface area contributed by atoms with E-state index in [1.165, 1.54) is 50.1 Å². The van der Waals surface area contributed by atoms with Gasteiger partial charge in [-0.3, -0.25) is 0 Å². The van der Waals surface area contributed by atoms with Crippen LogP contribution in [0.2, 0.25) is 0 Å². The summed E-state index contributed by atoms with van der Waals surface area (Å²) in [6.45, 7) is 9.25. The van der Waals surface area contributed by atoms with Gasteiger partial charge in [-0.05, 0) is 62.8 Å². The van der Waals surface area contributed by atoms with E-state index in [0.717, 1.165) is 5.92 Å². The summed E-state index contributed by atoms with van der Waals surface area (Å²) in [5.41, 5.74) is 2.62. The molecule has 1 atom stereocenters. The number of piperidine rings is 1. The number of benzene rings is 1. The highest BCUT2D eigenvalue weighted by atomic mass is 15.1. The number of nitrogens with one attached hydrogen (secondary N) is 1. The quantitative estimate of drug-likeness (QED) is 0.837. The molecule has 0 bridgehead atoms. The Hall–Kier alpha value is -1.18. The van der Waals surface area contributed by atoms with Crippen molar-refractivity contribution in [1.29, 1.82) is 0 Å². The standard InChI is InChI=1S/C17H28N2/c1-14(2)13-15(3)18-16-7-9-17(10-8-16)19-11-5-4-6-12-19/h7-10,14-15,18H,4-6,11-13H2,1-3H3. The molecule has 2 heteroatoms. The van der Waals surface area contributed by atoms with E-state index in [9.17, 15) is 0 Å². The Balaban J connectivity index is 1.90. The molecule has 0 saturated carbocycles. The van der Waals surface area contributed by atoms with E-state index in [4.69, 9.17) is 0 Å². The number of anilines is 2. The summed E-state index contributed by atoms with van der Waals surface area (Å²) in [6, 6.07) is 9.51. The Morgan fingerprint density at radius 1 is 1.00 bits per heavy atom. The monoisotopic (exact) mass is 260 g/mol. The Labute approximate surface area is 118 Å². The van der Waals surface area contributed by atoms with Gasteiger partial charge < -0.3 is 10.2 Å². The maximum absolute atomic E-state index is 3.58.